The Morgan fingerprint density at radius 2 is 0.897 bits per heavy atom. The lowest BCUT2D eigenvalue weighted by Crippen LogP contribution is -1.99. The molecule has 0 atom stereocenters. The van der Waals surface area contributed by atoms with Crippen molar-refractivity contribution in [1.82, 2.24) is 0 Å². The van der Waals surface area contributed by atoms with Crippen LogP contribution in [0.3, 0.4) is 0 Å². The van der Waals surface area contributed by atoms with Gasteiger partial charge in [0.05, 0.1) is 0 Å². The predicted octanol–water partition coefficient (Wildman–Crippen LogP) is 8.59. The molecule has 0 amide bonds. The lowest BCUT2D eigenvalue weighted by Gasteiger charge is -2.22. The van der Waals surface area contributed by atoms with E-state index in [-0.39, 0.29) is 0 Å². The first-order valence-corrected chi connectivity index (χ1v) is 14.8. The van der Waals surface area contributed by atoms with Crippen LogP contribution in [-0.2, 0) is 9.68 Å². The quantitative estimate of drug-likeness (QED) is 0.114. The molecule has 0 aromatic carbocycles. The summed E-state index contributed by atoms with van der Waals surface area (Å²) in [7, 11) is -1.27. The van der Waals surface area contributed by atoms with E-state index in [4.69, 9.17) is 5.26 Å². The van der Waals surface area contributed by atoms with Crippen LogP contribution in [0.1, 0.15) is 129 Å². The second-order valence-corrected chi connectivity index (χ2v) is 11.8. The Kier molecular flexibility index (Phi) is 25.6. The summed E-state index contributed by atoms with van der Waals surface area (Å²) in [5.74, 6) is 0.492. The molecule has 0 rings (SSSR count). The van der Waals surface area contributed by atoms with Crippen molar-refractivity contribution in [2.45, 2.75) is 129 Å². The molecule has 4 nitrogen and oxygen atoms in total. The monoisotopic (exact) mass is 436 g/mol. The molecule has 0 aromatic heterocycles. The Morgan fingerprint density at radius 3 is 1.17 bits per heavy atom. The van der Waals surface area contributed by atoms with Crippen LogP contribution < -0.4 is 0 Å². The Hall–Kier alpha value is -0.260. The summed E-state index contributed by atoms with van der Waals surface area (Å²) in [4.78, 5) is 14.4. The molecule has 0 aliphatic rings. The van der Waals surface area contributed by atoms with Crippen molar-refractivity contribution in [2.75, 3.05) is 18.3 Å². The zero-order chi connectivity index (χ0) is 22.2. The summed E-state index contributed by atoms with van der Waals surface area (Å²) in [6, 6.07) is 0. The van der Waals surface area contributed by atoms with Gasteiger partial charge in [-0.1, -0.05) is 110 Å². The third-order valence-corrected chi connectivity index (χ3v) is 6.41. The number of hydrogen-bond donors (Lipinski definition) is 2. The van der Waals surface area contributed by atoms with E-state index < -0.39 is 16.3 Å². The van der Waals surface area contributed by atoms with Gasteiger partial charge in [0, 0.05) is 6.42 Å². The molecular formula is C24H52O4S. The van der Waals surface area contributed by atoms with Gasteiger partial charge in [0.1, 0.15) is 0 Å². The SMILES string of the molecule is CC.CS(C)(O)CCCCCCCCCCCCCCCCCCCC(=O)OO. The van der Waals surface area contributed by atoms with E-state index in [1.807, 2.05) is 26.4 Å². The Balaban J connectivity index is 0. The molecule has 0 bridgehead atoms. The minimum Gasteiger partial charge on any atom is -0.352 e. The topological polar surface area (TPSA) is 66.8 Å². The van der Waals surface area contributed by atoms with Crippen molar-refractivity contribution in [2.24, 2.45) is 0 Å². The molecule has 29 heavy (non-hydrogen) atoms. The van der Waals surface area contributed by atoms with Crippen LogP contribution in [0.15, 0.2) is 0 Å². The zero-order valence-corrected chi connectivity index (χ0v) is 20.9. The molecule has 178 valence electrons. The van der Waals surface area contributed by atoms with E-state index in [2.05, 4.69) is 4.89 Å². The fourth-order valence-corrected chi connectivity index (χ4v) is 4.33. The Labute approximate surface area is 183 Å². The fraction of sp³-hybridized carbons (Fsp3) is 0.958. The van der Waals surface area contributed by atoms with Crippen molar-refractivity contribution < 1.29 is 19.5 Å². The van der Waals surface area contributed by atoms with Crippen LogP contribution in [0.25, 0.3) is 0 Å². The minimum absolute atomic E-state index is 0.333. The van der Waals surface area contributed by atoms with Gasteiger partial charge in [0.15, 0.2) is 0 Å². The molecule has 0 unspecified atom stereocenters. The fourth-order valence-electron chi connectivity index (χ4n) is 3.42. The van der Waals surface area contributed by atoms with Gasteiger partial charge in [-0.3, -0.25) is 0 Å². The molecule has 0 saturated heterocycles. The van der Waals surface area contributed by atoms with E-state index in [9.17, 15) is 9.35 Å². The molecule has 0 fully saturated rings. The van der Waals surface area contributed by atoms with Gasteiger partial charge >= 0.3 is 5.97 Å². The van der Waals surface area contributed by atoms with E-state index in [0.717, 1.165) is 18.6 Å². The number of carbonyl (C=O) groups is 1. The molecular weight excluding hydrogens is 384 g/mol. The van der Waals surface area contributed by atoms with Crippen LogP contribution in [-0.4, -0.2) is 34.0 Å². The van der Waals surface area contributed by atoms with Crippen molar-refractivity contribution in [1.29, 1.82) is 0 Å². The Morgan fingerprint density at radius 1 is 0.621 bits per heavy atom. The van der Waals surface area contributed by atoms with Gasteiger partial charge in [-0.15, -0.1) is 10.3 Å². The summed E-state index contributed by atoms with van der Waals surface area (Å²) in [5, 5.41) is 8.14. The third-order valence-electron chi connectivity index (χ3n) is 5.13. The van der Waals surface area contributed by atoms with E-state index in [0.29, 0.717) is 6.42 Å². The van der Waals surface area contributed by atoms with Crippen LogP contribution in [0, 0.1) is 0 Å². The standard InChI is InChI=1S/C22H46O4S.C2H6/c1-27(2,25)21-19-17-15-13-11-9-7-5-3-4-6-8-10-12-14-16-18-20-22(23)26-24;1-2/h24-25H,3-21H2,1-2H3;1-2H3. The molecule has 0 heterocycles. The molecule has 0 spiro atoms. The molecule has 0 aromatic rings. The highest BCUT2D eigenvalue weighted by atomic mass is 32.3. The number of carbonyl (C=O) groups excluding carboxylic acids is 1. The first-order chi connectivity index (χ1) is 14.0. The second kappa shape index (κ2) is 24.0. The van der Waals surface area contributed by atoms with Gasteiger partial charge in [-0.2, -0.15) is 5.26 Å². The van der Waals surface area contributed by atoms with Crippen molar-refractivity contribution in [3.63, 3.8) is 0 Å². The average Bonchev–Trinajstić information content (AvgIpc) is 2.70. The van der Waals surface area contributed by atoms with Gasteiger partial charge in [-0.25, -0.2) is 4.79 Å². The zero-order valence-electron chi connectivity index (χ0n) is 20.1. The first kappa shape index (κ1) is 30.9. The minimum atomic E-state index is -1.27. The molecule has 0 aliphatic carbocycles. The van der Waals surface area contributed by atoms with Gasteiger partial charge < -0.3 is 9.44 Å². The third kappa shape index (κ3) is 30.0. The molecule has 0 saturated carbocycles. The van der Waals surface area contributed by atoms with Gasteiger partial charge in [-0.05, 0) is 31.1 Å². The summed E-state index contributed by atoms with van der Waals surface area (Å²) in [5.41, 5.74) is 0. The predicted molar refractivity (Wildman–Crippen MR) is 130 cm³/mol. The maximum atomic E-state index is 10.7. The van der Waals surface area contributed by atoms with E-state index >= 15 is 0 Å². The van der Waals surface area contributed by atoms with Gasteiger partial charge in [0.2, 0.25) is 0 Å². The summed E-state index contributed by atoms with van der Waals surface area (Å²) >= 11 is 0. The summed E-state index contributed by atoms with van der Waals surface area (Å²) in [6.07, 6.45) is 26.1. The molecule has 0 radical (unpaired) electrons. The van der Waals surface area contributed by atoms with Crippen LogP contribution in [0.2, 0.25) is 0 Å². The molecule has 0 aliphatic heterocycles. The van der Waals surface area contributed by atoms with Crippen LogP contribution in [0.5, 0.6) is 0 Å². The van der Waals surface area contributed by atoms with E-state index in [1.54, 1.807) is 0 Å². The van der Waals surface area contributed by atoms with E-state index in [1.165, 1.54) is 96.3 Å². The normalized spacial score (nSPS) is 11.7. The van der Waals surface area contributed by atoms with Crippen molar-refractivity contribution in [3.05, 3.63) is 0 Å². The molecule has 2 N–H and O–H groups in total. The van der Waals surface area contributed by atoms with Crippen molar-refractivity contribution >= 4 is 16.3 Å². The highest BCUT2D eigenvalue weighted by Crippen LogP contribution is 2.35. The van der Waals surface area contributed by atoms with Gasteiger partial charge in [0.25, 0.3) is 0 Å². The Bertz CT molecular complexity index is 329. The number of hydrogen-bond acceptors (Lipinski definition) is 4. The first-order valence-electron chi connectivity index (χ1n) is 12.2. The highest BCUT2D eigenvalue weighted by Gasteiger charge is 2.04. The smallest absolute Gasteiger partial charge is 0.342 e. The second-order valence-electron chi connectivity index (χ2n) is 8.41. The van der Waals surface area contributed by atoms with Crippen LogP contribution in [0.4, 0.5) is 0 Å². The largest absolute Gasteiger partial charge is 0.352 e. The lowest BCUT2D eigenvalue weighted by molar-refractivity contribution is -0.234. The highest BCUT2D eigenvalue weighted by molar-refractivity contribution is 8.28. The lowest BCUT2D eigenvalue weighted by atomic mass is 10.0. The summed E-state index contributed by atoms with van der Waals surface area (Å²) < 4.78 is 9.74. The maximum absolute atomic E-state index is 10.7. The average molecular weight is 437 g/mol. The van der Waals surface area contributed by atoms with Crippen molar-refractivity contribution in [3.8, 4) is 0 Å². The number of rotatable bonds is 20. The van der Waals surface area contributed by atoms with Crippen LogP contribution >= 0.6 is 10.3 Å². The molecule has 5 heteroatoms. The maximum Gasteiger partial charge on any atom is 0.342 e. The summed E-state index contributed by atoms with van der Waals surface area (Å²) in [6.45, 7) is 4.00. The number of unbranched alkanes of at least 4 members (excludes halogenated alkanes) is 16.